The number of nitrogens with two attached hydrogens (primary N) is 1. The van der Waals surface area contributed by atoms with Crippen molar-refractivity contribution in [2.24, 2.45) is 5.73 Å². The number of pyridine rings is 1. The van der Waals surface area contributed by atoms with E-state index >= 15 is 0 Å². The minimum atomic E-state index is -0.977. The monoisotopic (exact) mass is 543 g/mol. The van der Waals surface area contributed by atoms with Crippen LogP contribution in [-0.4, -0.2) is 52.0 Å². The van der Waals surface area contributed by atoms with Gasteiger partial charge < -0.3 is 25.4 Å². The lowest BCUT2D eigenvalue weighted by Crippen LogP contribution is -2.51. The van der Waals surface area contributed by atoms with E-state index in [-0.39, 0.29) is 48.7 Å². The van der Waals surface area contributed by atoms with Crippen LogP contribution in [0.25, 0.3) is 0 Å². The van der Waals surface area contributed by atoms with Crippen LogP contribution in [0.5, 0.6) is 17.4 Å². The third-order valence-corrected chi connectivity index (χ3v) is 5.11. The summed E-state index contributed by atoms with van der Waals surface area (Å²) in [6, 6.07) is 18.9. The third-order valence-electron chi connectivity index (χ3n) is 4.79. The van der Waals surface area contributed by atoms with E-state index in [1.807, 2.05) is 30.3 Å². The van der Waals surface area contributed by atoms with Gasteiger partial charge in [-0.3, -0.25) is 10.1 Å². The van der Waals surface area contributed by atoms with Gasteiger partial charge in [0.2, 0.25) is 5.88 Å². The predicted molar refractivity (Wildman–Crippen MR) is 139 cm³/mol. The molecule has 3 aromatic rings. The summed E-state index contributed by atoms with van der Waals surface area (Å²) >= 11 is 5.83. The highest BCUT2D eigenvalue weighted by Gasteiger charge is 2.24. The largest absolute Gasteiger partial charge is 0.473 e. The number of amides is 1. The van der Waals surface area contributed by atoms with E-state index in [2.05, 4.69) is 10.3 Å². The molecule has 0 saturated heterocycles. The Balaban J connectivity index is 0.00000306. The molecule has 1 heterocycles. The highest BCUT2D eigenvalue weighted by Crippen LogP contribution is 2.23. The molecule has 0 fully saturated rings. The molecule has 11 heteroatoms. The van der Waals surface area contributed by atoms with E-state index in [0.29, 0.717) is 17.9 Å². The van der Waals surface area contributed by atoms with Crippen LogP contribution in [0, 0.1) is 0 Å². The van der Waals surface area contributed by atoms with E-state index in [1.54, 1.807) is 36.4 Å². The Morgan fingerprint density at radius 2 is 1.71 bits per heavy atom. The number of carbonyl (C=O) groups is 1. The SMILES string of the molecule is Cl.Cl.NC(=O)c1cccnc1Oc1ccc(C[C@@H](CO)NC(Oc2ccccc2)[C@H](O)CCl)cc1. The number of primary amides is 1. The van der Waals surface area contributed by atoms with Gasteiger partial charge in [-0.2, -0.15) is 0 Å². The zero-order chi connectivity index (χ0) is 23.6. The predicted octanol–water partition coefficient (Wildman–Crippen LogP) is 3.31. The Bertz CT molecular complexity index is 1030. The average Bonchev–Trinajstić information content (AvgIpc) is 2.84. The highest BCUT2D eigenvalue weighted by molar-refractivity contribution is 6.18. The Hall–Kier alpha value is -2.59. The number of benzene rings is 2. The maximum absolute atomic E-state index is 11.5. The molecule has 190 valence electrons. The molecule has 5 N–H and O–H groups in total. The third kappa shape index (κ3) is 9.18. The van der Waals surface area contributed by atoms with Crippen molar-refractivity contribution < 1.29 is 24.5 Å². The first-order valence-corrected chi connectivity index (χ1v) is 10.9. The molecule has 35 heavy (non-hydrogen) atoms. The Labute approximate surface area is 221 Å². The van der Waals surface area contributed by atoms with Gasteiger partial charge in [-0.15, -0.1) is 36.4 Å². The standard InChI is InChI=1S/C24H26ClN3O5.2ClH/c25-14-21(30)24(33-18-5-2-1-3-6-18)28-17(15-29)13-16-8-10-19(11-9-16)32-23-20(22(26)31)7-4-12-27-23;;/h1-12,17,21,24,28-30H,13-15H2,(H2,26,31);2*1H/t17-,21+,24?;;/m0../s1. The Morgan fingerprint density at radius 3 is 2.31 bits per heavy atom. The summed E-state index contributed by atoms with van der Waals surface area (Å²) in [5.41, 5.74) is 6.45. The number of nitrogens with one attached hydrogen (secondary N) is 1. The number of aromatic nitrogens is 1. The fourth-order valence-corrected chi connectivity index (χ4v) is 3.27. The summed E-state index contributed by atoms with van der Waals surface area (Å²) < 4.78 is 11.5. The summed E-state index contributed by atoms with van der Waals surface area (Å²) in [5, 5.41) is 23.3. The molecule has 3 atom stereocenters. The lowest BCUT2D eigenvalue weighted by molar-refractivity contribution is 0.0157. The second-order valence-corrected chi connectivity index (χ2v) is 7.60. The van der Waals surface area contributed by atoms with E-state index in [0.717, 1.165) is 5.56 Å². The molecule has 1 aromatic heterocycles. The van der Waals surface area contributed by atoms with E-state index < -0.39 is 24.3 Å². The van der Waals surface area contributed by atoms with Gasteiger partial charge in [0.05, 0.1) is 12.5 Å². The van der Waals surface area contributed by atoms with Crippen molar-refractivity contribution in [3.63, 3.8) is 0 Å². The summed E-state index contributed by atoms with van der Waals surface area (Å²) in [5.74, 6) is 0.523. The number of nitrogens with zero attached hydrogens (tertiary/aromatic N) is 1. The minimum Gasteiger partial charge on any atom is -0.473 e. The summed E-state index contributed by atoms with van der Waals surface area (Å²) in [7, 11) is 0. The molecule has 3 rings (SSSR count). The number of halogens is 3. The van der Waals surface area contributed by atoms with Crippen LogP contribution in [0.2, 0.25) is 0 Å². The van der Waals surface area contributed by atoms with Gasteiger partial charge in [-0.05, 0) is 48.4 Å². The number of hydrogen-bond acceptors (Lipinski definition) is 7. The van der Waals surface area contributed by atoms with Crippen molar-refractivity contribution >= 4 is 42.3 Å². The molecule has 0 saturated carbocycles. The van der Waals surface area contributed by atoms with Crippen LogP contribution in [0.3, 0.4) is 0 Å². The zero-order valence-electron chi connectivity index (χ0n) is 18.6. The number of hydrogen-bond donors (Lipinski definition) is 4. The average molecular weight is 545 g/mol. The topological polar surface area (TPSA) is 127 Å². The normalized spacial score (nSPS) is 12.9. The van der Waals surface area contributed by atoms with Crippen LogP contribution in [0.4, 0.5) is 0 Å². The maximum atomic E-state index is 11.5. The molecule has 0 aliphatic rings. The number of aliphatic hydroxyl groups is 2. The summed E-state index contributed by atoms with van der Waals surface area (Å²) in [6.45, 7) is -0.183. The van der Waals surface area contributed by atoms with Gasteiger partial charge in [-0.25, -0.2) is 4.98 Å². The molecule has 0 spiro atoms. The van der Waals surface area contributed by atoms with Crippen molar-refractivity contribution in [1.82, 2.24) is 10.3 Å². The van der Waals surface area contributed by atoms with Gasteiger partial charge in [0.15, 0.2) is 6.23 Å². The van der Waals surface area contributed by atoms with E-state index in [1.165, 1.54) is 6.20 Å². The fourth-order valence-electron chi connectivity index (χ4n) is 3.11. The quantitative estimate of drug-likeness (QED) is 0.203. The second-order valence-electron chi connectivity index (χ2n) is 7.29. The summed E-state index contributed by atoms with van der Waals surface area (Å²) in [6.07, 6.45) is 0.184. The first-order chi connectivity index (χ1) is 16.0. The molecule has 0 bridgehead atoms. The fraction of sp³-hybridized carbons (Fsp3) is 0.250. The van der Waals surface area contributed by atoms with Crippen LogP contribution in [0.1, 0.15) is 15.9 Å². The minimum absolute atomic E-state index is 0. The first-order valence-electron chi connectivity index (χ1n) is 10.3. The maximum Gasteiger partial charge on any atom is 0.254 e. The number of alkyl halides is 1. The lowest BCUT2D eigenvalue weighted by atomic mass is 10.1. The van der Waals surface area contributed by atoms with Crippen LogP contribution >= 0.6 is 36.4 Å². The van der Waals surface area contributed by atoms with Crippen LogP contribution in [-0.2, 0) is 6.42 Å². The number of carbonyl (C=O) groups excluding carboxylic acids is 1. The second kappa shape index (κ2) is 15.4. The molecule has 0 aliphatic heterocycles. The van der Waals surface area contributed by atoms with Crippen molar-refractivity contribution in [2.45, 2.75) is 24.8 Å². The molecule has 1 amide bonds. The first kappa shape index (κ1) is 30.4. The molecule has 1 unspecified atom stereocenters. The van der Waals surface area contributed by atoms with E-state index in [4.69, 9.17) is 26.8 Å². The smallest absolute Gasteiger partial charge is 0.254 e. The van der Waals surface area contributed by atoms with Crippen molar-refractivity contribution in [2.75, 3.05) is 12.5 Å². The molecule has 8 nitrogen and oxygen atoms in total. The number of aliphatic hydroxyl groups excluding tert-OH is 2. The van der Waals surface area contributed by atoms with Crippen LogP contribution in [0.15, 0.2) is 72.9 Å². The van der Waals surface area contributed by atoms with Gasteiger partial charge in [0.25, 0.3) is 5.91 Å². The number of rotatable bonds is 12. The molecule has 2 aromatic carbocycles. The van der Waals surface area contributed by atoms with Crippen molar-refractivity contribution in [3.8, 4) is 17.4 Å². The molecular formula is C24H28Cl3N3O5. The van der Waals surface area contributed by atoms with Crippen molar-refractivity contribution in [3.05, 3.63) is 84.1 Å². The number of para-hydroxylation sites is 1. The number of ether oxygens (including phenoxy) is 2. The summed E-state index contributed by atoms with van der Waals surface area (Å²) in [4.78, 5) is 15.6. The van der Waals surface area contributed by atoms with Crippen molar-refractivity contribution in [1.29, 1.82) is 0 Å². The zero-order valence-corrected chi connectivity index (χ0v) is 21.0. The molecule has 0 radical (unpaired) electrons. The highest BCUT2D eigenvalue weighted by atomic mass is 35.5. The van der Waals surface area contributed by atoms with Gasteiger partial charge in [-0.1, -0.05) is 30.3 Å². The van der Waals surface area contributed by atoms with Gasteiger partial charge in [0.1, 0.15) is 23.2 Å². The van der Waals surface area contributed by atoms with E-state index in [9.17, 15) is 15.0 Å². The van der Waals surface area contributed by atoms with Gasteiger partial charge in [0, 0.05) is 12.2 Å². The lowest BCUT2D eigenvalue weighted by Gasteiger charge is -2.28. The molecule has 0 aliphatic carbocycles. The Kier molecular flexibility index (Phi) is 13.4. The Morgan fingerprint density at radius 1 is 1.03 bits per heavy atom. The van der Waals surface area contributed by atoms with Crippen LogP contribution < -0.4 is 20.5 Å². The van der Waals surface area contributed by atoms with Gasteiger partial charge >= 0.3 is 0 Å². The molecular weight excluding hydrogens is 517 g/mol.